The molecule has 128 valence electrons. The maximum absolute atomic E-state index is 12.5. The molecule has 23 heavy (non-hydrogen) atoms. The van der Waals surface area contributed by atoms with E-state index in [0.29, 0.717) is 23.6 Å². The van der Waals surface area contributed by atoms with Gasteiger partial charge in [0.2, 0.25) is 0 Å². The summed E-state index contributed by atoms with van der Waals surface area (Å²) < 4.78 is 5.75. The van der Waals surface area contributed by atoms with Crippen LogP contribution >= 0.6 is 11.6 Å². The Morgan fingerprint density at radius 1 is 1.39 bits per heavy atom. The van der Waals surface area contributed by atoms with Gasteiger partial charge in [0.05, 0.1) is 10.7 Å². The topological polar surface area (TPSA) is 68.1 Å². The molecule has 2 aliphatic rings. The van der Waals surface area contributed by atoms with Crippen molar-refractivity contribution in [1.82, 2.24) is 0 Å². The molecule has 1 heterocycles. The second kappa shape index (κ2) is 7.86. The Balaban J connectivity index is 2.20. The van der Waals surface area contributed by atoms with Gasteiger partial charge in [0.25, 0.3) is 0 Å². The van der Waals surface area contributed by atoms with Gasteiger partial charge in [-0.25, -0.2) is 4.79 Å². The number of halogens is 1. The van der Waals surface area contributed by atoms with E-state index in [4.69, 9.17) is 21.2 Å². The fourth-order valence-electron chi connectivity index (χ4n) is 3.20. The normalized spacial score (nSPS) is 21.8. The van der Waals surface area contributed by atoms with Gasteiger partial charge >= 0.3 is 5.97 Å². The van der Waals surface area contributed by atoms with Crippen molar-refractivity contribution in [2.75, 3.05) is 6.61 Å². The molecule has 1 spiro atoms. The Labute approximate surface area is 142 Å². The van der Waals surface area contributed by atoms with E-state index in [9.17, 15) is 9.90 Å². The molecule has 0 radical (unpaired) electrons. The first-order valence-electron chi connectivity index (χ1n) is 8.15. The van der Waals surface area contributed by atoms with Crippen LogP contribution in [0.1, 0.15) is 58.3 Å². The van der Waals surface area contributed by atoms with E-state index < -0.39 is 11.6 Å². The third kappa shape index (κ3) is 4.50. The van der Waals surface area contributed by atoms with Crippen molar-refractivity contribution in [3.63, 3.8) is 0 Å². The highest BCUT2D eigenvalue weighted by Crippen LogP contribution is 2.39. The fourth-order valence-corrected chi connectivity index (χ4v) is 3.25. The molecular formula is C17H24ClNO4. The zero-order chi connectivity index (χ0) is 16.9. The van der Waals surface area contributed by atoms with Gasteiger partial charge in [0, 0.05) is 6.42 Å². The summed E-state index contributed by atoms with van der Waals surface area (Å²) >= 11 is 5.62. The van der Waals surface area contributed by atoms with Gasteiger partial charge in [-0.1, -0.05) is 43.1 Å². The summed E-state index contributed by atoms with van der Waals surface area (Å²) in [5, 5.41) is 14.7. The Hall–Kier alpha value is -1.49. The molecule has 0 saturated heterocycles. The van der Waals surface area contributed by atoms with E-state index in [1.807, 2.05) is 6.92 Å². The predicted octanol–water partition coefficient (Wildman–Crippen LogP) is 4.37. The van der Waals surface area contributed by atoms with Crippen LogP contribution in [0.3, 0.4) is 0 Å². The van der Waals surface area contributed by atoms with Crippen LogP contribution < -0.4 is 0 Å². The van der Waals surface area contributed by atoms with Crippen molar-refractivity contribution in [3.8, 4) is 0 Å². The lowest BCUT2D eigenvalue weighted by Crippen LogP contribution is -2.41. The Kier molecular flexibility index (Phi) is 6.10. The van der Waals surface area contributed by atoms with E-state index >= 15 is 0 Å². The molecule has 1 fully saturated rings. The number of ether oxygens (including phenoxy) is 1. The lowest BCUT2D eigenvalue weighted by atomic mass is 9.85. The van der Waals surface area contributed by atoms with Gasteiger partial charge in [-0.15, -0.1) is 0 Å². The molecule has 1 aliphatic carbocycles. The highest BCUT2D eigenvalue weighted by molar-refractivity contribution is 6.29. The molecule has 5 nitrogen and oxygen atoms in total. The molecule has 0 aromatic heterocycles. The van der Waals surface area contributed by atoms with Crippen molar-refractivity contribution in [2.24, 2.45) is 5.16 Å². The molecule has 6 heteroatoms. The number of oxime groups is 1. The second-order valence-corrected chi connectivity index (χ2v) is 6.70. The smallest absolute Gasteiger partial charge is 0.344 e. The van der Waals surface area contributed by atoms with Crippen molar-refractivity contribution in [3.05, 3.63) is 22.9 Å². The third-order valence-corrected chi connectivity index (χ3v) is 4.43. The van der Waals surface area contributed by atoms with Crippen LogP contribution in [-0.2, 0) is 14.4 Å². The quantitative estimate of drug-likeness (QED) is 0.458. The minimum absolute atomic E-state index is 0.0528. The van der Waals surface area contributed by atoms with E-state index in [1.165, 1.54) is 0 Å². The van der Waals surface area contributed by atoms with Crippen LogP contribution in [0.5, 0.6) is 0 Å². The highest BCUT2D eigenvalue weighted by atomic mass is 35.5. The average molecular weight is 342 g/mol. The van der Waals surface area contributed by atoms with E-state index in [1.54, 1.807) is 0 Å². The summed E-state index contributed by atoms with van der Waals surface area (Å²) in [5.74, 6) is -0.457. The lowest BCUT2D eigenvalue weighted by Gasteiger charge is -2.36. The monoisotopic (exact) mass is 341 g/mol. The number of hydrogen-bond acceptors (Lipinski definition) is 5. The maximum Gasteiger partial charge on any atom is 0.344 e. The number of hydrogen-bond donors (Lipinski definition) is 1. The van der Waals surface area contributed by atoms with E-state index in [0.717, 1.165) is 38.5 Å². The summed E-state index contributed by atoms with van der Waals surface area (Å²) in [6.07, 6.45) is 6.74. The van der Waals surface area contributed by atoms with Gasteiger partial charge in [-0.3, -0.25) is 0 Å². The van der Waals surface area contributed by atoms with Gasteiger partial charge in [-0.2, -0.15) is 0 Å². The number of carbonyl (C=O) groups excluding carboxylic acids is 1. The zero-order valence-electron chi connectivity index (χ0n) is 13.6. The third-order valence-electron chi connectivity index (χ3n) is 4.33. The molecular weight excluding hydrogens is 318 g/mol. The van der Waals surface area contributed by atoms with Crippen molar-refractivity contribution < 1.29 is 19.5 Å². The number of esters is 1. The number of nitrogens with zero attached hydrogens (tertiary/aromatic N) is 1. The molecule has 0 atom stereocenters. The summed E-state index contributed by atoms with van der Waals surface area (Å²) in [6.45, 7) is 5.39. The van der Waals surface area contributed by atoms with Gasteiger partial charge in [0.1, 0.15) is 16.9 Å². The van der Waals surface area contributed by atoms with Crippen molar-refractivity contribution in [2.45, 2.75) is 63.9 Å². The van der Waals surface area contributed by atoms with Crippen molar-refractivity contribution in [1.29, 1.82) is 0 Å². The highest BCUT2D eigenvalue weighted by Gasteiger charge is 2.43. The molecule has 0 aromatic carbocycles. The minimum atomic E-state index is -0.550. The first-order valence-corrected chi connectivity index (χ1v) is 8.53. The van der Waals surface area contributed by atoms with Crippen LogP contribution in [0.2, 0.25) is 0 Å². The number of carbonyl (C=O) groups is 1. The summed E-state index contributed by atoms with van der Waals surface area (Å²) in [7, 11) is 0. The fraction of sp³-hybridized carbons (Fsp3) is 0.647. The average Bonchev–Trinajstić information content (AvgIpc) is 2.70. The molecule has 1 saturated carbocycles. The molecule has 1 N–H and O–H groups in total. The lowest BCUT2D eigenvalue weighted by molar-refractivity contribution is -0.159. The SMILES string of the molecule is C=C(Cl)CON=C(CC)C1=C(O)CC2(CCCCCC2)OC1=O. The first-order chi connectivity index (χ1) is 11.0. The number of aliphatic hydroxyl groups excluding tert-OH is 1. The molecule has 0 unspecified atom stereocenters. The standard InChI is InChI=1S/C17H24ClNO4/c1-3-13(19-22-11-12(2)18)15-14(20)10-17(23-16(15)21)8-6-4-5-7-9-17/h20H,2-11H2,1H3. The van der Waals surface area contributed by atoms with Crippen LogP contribution in [0.4, 0.5) is 0 Å². The van der Waals surface area contributed by atoms with Gasteiger partial charge < -0.3 is 14.7 Å². The Morgan fingerprint density at radius 3 is 2.57 bits per heavy atom. The summed E-state index contributed by atoms with van der Waals surface area (Å²) in [6, 6.07) is 0. The Morgan fingerprint density at radius 2 is 2.04 bits per heavy atom. The van der Waals surface area contributed by atoms with Crippen LogP contribution in [-0.4, -0.2) is 29.0 Å². The molecule has 0 aromatic rings. The molecule has 0 amide bonds. The molecule has 0 bridgehead atoms. The maximum atomic E-state index is 12.5. The first kappa shape index (κ1) is 17.9. The van der Waals surface area contributed by atoms with Crippen LogP contribution in [0.15, 0.2) is 28.1 Å². The number of rotatable bonds is 5. The number of aliphatic hydroxyl groups is 1. The minimum Gasteiger partial charge on any atom is -0.511 e. The predicted molar refractivity (Wildman–Crippen MR) is 89.5 cm³/mol. The summed E-state index contributed by atoms with van der Waals surface area (Å²) in [4.78, 5) is 17.5. The molecule has 2 rings (SSSR count). The van der Waals surface area contributed by atoms with Crippen LogP contribution in [0, 0.1) is 0 Å². The van der Waals surface area contributed by atoms with Crippen LogP contribution in [0.25, 0.3) is 0 Å². The van der Waals surface area contributed by atoms with E-state index in [2.05, 4.69) is 11.7 Å². The zero-order valence-corrected chi connectivity index (χ0v) is 14.3. The van der Waals surface area contributed by atoms with Gasteiger partial charge in [0.15, 0.2) is 6.61 Å². The van der Waals surface area contributed by atoms with Crippen molar-refractivity contribution >= 4 is 23.3 Å². The largest absolute Gasteiger partial charge is 0.511 e. The van der Waals surface area contributed by atoms with Gasteiger partial charge in [-0.05, 0) is 32.1 Å². The summed E-state index contributed by atoms with van der Waals surface area (Å²) in [5.41, 5.74) is -0.0536. The molecule has 1 aliphatic heterocycles. The Bertz CT molecular complexity index is 531. The second-order valence-electron chi connectivity index (χ2n) is 6.17. The van der Waals surface area contributed by atoms with E-state index in [-0.39, 0.29) is 17.9 Å².